The van der Waals surface area contributed by atoms with Gasteiger partial charge in [0.15, 0.2) is 6.29 Å². The minimum absolute atomic E-state index is 0.171. The molecule has 1 heterocycles. The molecule has 0 aromatic carbocycles. The number of esters is 1. The predicted octanol–water partition coefficient (Wildman–Crippen LogP) is 3.58. The molecule has 0 spiro atoms. The molecule has 1 aliphatic heterocycles. The van der Waals surface area contributed by atoms with Gasteiger partial charge in [0.1, 0.15) is 24.4 Å². The van der Waals surface area contributed by atoms with Crippen LogP contribution in [0, 0.1) is 34.5 Å². The first-order chi connectivity index (χ1) is 17.6. The molecular weight excluding hydrogens is 488 g/mol. The van der Waals surface area contributed by atoms with E-state index in [1.807, 2.05) is 13.8 Å². The van der Waals surface area contributed by atoms with Crippen molar-refractivity contribution in [3.8, 4) is 0 Å². The van der Waals surface area contributed by atoms with E-state index in [1.54, 1.807) is 6.92 Å². The second-order valence-corrected chi connectivity index (χ2v) is 13.4. The number of aliphatic hydroxyl groups excluding tert-OH is 4. The fourth-order valence-corrected chi connectivity index (χ4v) is 7.41. The lowest BCUT2D eigenvalue weighted by Gasteiger charge is -2.61. The Labute approximate surface area is 228 Å². The maximum absolute atomic E-state index is 12.9. The normalized spacial score (nSPS) is 41.8. The topological polar surface area (TPSA) is 126 Å². The van der Waals surface area contributed by atoms with Crippen LogP contribution in [0.15, 0.2) is 11.6 Å². The van der Waals surface area contributed by atoms with Crippen molar-refractivity contribution >= 4 is 5.97 Å². The summed E-state index contributed by atoms with van der Waals surface area (Å²) in [5.41, 5.74) is 0.738. The van der Waals surface area contributed by atoms with E-state index in [2.05, 4.69) is 40.7 Å². The molecule has 8 heteroatoms. The number of carbonyl (C=O) groups excluding carboxylic acids is 1. The van der Waals surface area contributed by atoms with Gasteiger partial charge in [-0.25, -0.2) is 0 Å². The Hall–Kier alpha value is -1.03. The highest BCUT2D eigenvalue weighted by Crippen LogP contribution is 2.62. The van der Waals surface area contributed by atoms with Crippen molar-refractivity contribution in [3.63, 3.8) is 0 Å². The van der Waals surface area contributed by atoms with Crippen molar-refractivity contribution in [2.75, 3.05) is 6.61 Å². The van der Waals surface area contributed by atoms with Crippen LogP contribution < -0.4 is 0 Å². The smallest absolute Gasteiger partial charge is 0.308 e. The summed E-state index contributed by atoms with van der Waals surface area (Å²) in [6.07, 6.45) is -0.508. The molecular formula is C30H52O8. The van der Waals surface area contributed by atoms with Gasteiger partial charge in [0, 0.05) is 12.0 Å². The quantitative estimate of drug-likeness (QED) is 0.258. The van der Waals surface area contributed by atoms with E-state index in [-0.39, 0.29) is 35.7 Å². The molecule has 0 amide bonds. The molecule has 220 valence electrons. The van der Waals surface area contributed by atoms with Crippen LogP contribution in [-0.2, 0) is 19.0 Å². The molecule has 0 bridgehead atoms. The van der Waals surface area contributed by atoms with Gasteiger partial charge in [-0.1, -0.05) is 59.6 Å². The van der Waals surface area contributed by atoms with Crippen LogP contribution in [0.25, 0.3) is 0 Å². The number of allylic oxidation sites excluding steroid dienone is 2. The molecule has 3 rings (SSSR count). The highest BCUT2D eigenvalue weighted by atomic mass is 16.7. The average molecular weight is 541 g/mol. The van der Waals surface area contributed by atoms with E-state index >= 15 is 0 Å². The van der Waals surface area contributed by atoms with Gasteiger partial charge in [-0.05, 0) is 62.7 Å². The van der Waals surface area contributed by atoms with Gasteiger partial charge in [0.2, 0.25) is 0 Å². The van der Waals surface area contributed by atoms with Gasteiger partial charge in [-0.15, -0.1) is 0 Å². The summed E-state index contributed by atoms with van der Waals surface area (Å²) < 4.78 is 18.4. The van der Waals surface area contributed by atoms with Crippen molar-refractivity contribution in [1.29, 1.82) is 0 Å². The minimum atomic E-state index is -1.43. The monoisotopic (exact) mass is 540 g/mol. The third-order valence-electron chi connectivity index (χ3n) is 9.83. The zero-order chi connectivity index (χ0) is 28.6. The summed E-state index contributed by atoms with van der Waals surface area (Å²) in [5, 5.41) is 40.7. The molecule has 11 atom stereocenters. The minimum Gasteiger partial charge on any atom is -0.459 e. The molecule has 1 saturated heterocycles. The molecule has 38 heavy (non-hydrogen) atoms. The first-order valence-corrected chi connectivity index (χ1v) is 14.5. The molecule has 8 nitrogen and oxygen atoms in total. The second kappa shape index (κ2) is 12.2. The van der Waals surface area contributed by atoms with E-state index in [4.69, 9.17) is 14.2 Å². The van der Waals surface area contributed by atoms with Crippen molar-refractivity contribution in [2.24, 2.45) is 34.5 Å². The number of fused-ring (bicyclic) bond motifs is 1. The molecule has 0 aromatic rings. The van der Waals surface area contributed by atoms with E-state index in [0.717, 1.165) is 25.7 Å². The molecule has 0 aromatic heterocycles. The molecule has 11 unspecified atom stereocenters. The van der Waals surface area contributed by atoms with Crippen molar-refractivity contribution in [3.05, 3.63) is 11.6 Å². The standard InChI is InChI=1S/C30H52O8/c1-16(2)27(35)38-26-21(37-28-25(34)24(33)23(32)19(5)36-28)15-30(8)20(11-9-17(3)13-14-31)18(4)10-12-22(30)29(26,6)7/h10,16-17,19-26,28,31-34H,9,11-15H2,1-8H3. The largest absolute Gasteiger partial charge is 0.459 e. The van der Waals surface area contributed by atoms with Crippen molar-refractivity contribution in [1.82, 2.24) is 0 Å². The van der Waals surface area contributed by atoms with E-state index < -0.39 is 48.3 Å². The summed E-state index contributed by atoms with van der Waals surface area (Å²) in [7, 11) is 0. The Kier molecular flexibility index (Phi) is 10.1. The van der Waals surface area contributed by atoms with Gasteiger partial charge in [-0.2, -0.15) is 0 Å². The molecule has 3 aliphatic rings. The van der Waals surface area contributed by atoms with Gasteiger partial charge >= 0.3 is 5.97 Å². The Morgan fingerprint density at radius 2 is 1.76 bits per heavy atom. The number of carbonyl (C=O) groups is 1. The molecule has 2 aliphatic carbocycles. The Balaban J connectivity index is 1.97. The van der Waals surface area contributed by atoms with E-state index in [9.17, 15) is 25.2 Å². The Morgan fingerprint density at radius 3 is 2.37 bits per heavy atom. The number of rotatable bonds is 9. The average Bonchev–Trinajstić information content (AvgIpc) is 2.82. The fourth-order valence-electron chi connectivity index (χ4n) is 7.41. The van der Waals surface area contributed by atoms with Gasteiger partial charge in [0.25, 0.3) is 0 Å². The second-order valence-electron chi connectivity index (χ2n) is 13.4. The van der Waals surface area contributed by atoms with Gasteiger partial charge < -0.3 is 34.6 Å². The van der Waals surface area contributed by atoms with Crippen LogP contribution in [-0.4, -0.2) is 75.9 Å². The number of aliphatic hydroxyl groups is 4. The van der Waals surface area contributed by atoms with Crippen molar-refractivity contribution < 1.29 is 39.4 Å². The van der Waals surface area contributed by atoms with Crippen LogP contribution in [0.5, 0.6) is 0 Å². The summed E-state index contributed by atoms with van der Waals surface area (Å²) in [6, 6.07) is 0. The van der Waals surface area contributed by atoms with Crippen LogP contribution in [0.3, 0.4) is 0 Å². The summed E-state index contributed by atoms with van der Waals surface area (Å²) in [6.45, 7) is 16.4. The number of ether oxygens (including phenoxy) is 3. The SMILES string of the molecule is CC1=CCC2C(C)(C)C(OC(=O)C(C)C)C(OC3OC(C)C(O)C(O)C3O)CC2(C)C1CCC(C)CCO. The molecule has 1 saturated carbocycles. The lowest BCUT2D eigenvalue weighted by Crippen LogP contribution is -2.64. The van der Waals surface area contributed by atoms with E-state index in [1.165, 1.54) is 5.57 Å². The molecule has 2 fully saturated rings. The van der Waals surface area contributed by atoms with Crippen LogP contribution in [0.4, 0.5) is 0 Å². The number of hydrogen-bond donors (Lipinski definition) is 4. The fraction of sp³-hybridized carbons (Fsp3) is 0.900. The van der Waals surface area contributed by atoms with Crippen LogP contribution >= 0.6 is 0 Å². The van der Waals surface area contributed by atoms with Crippen LogP contribution in [0.2, 0.25) is 0 Å². The van der Waals surface area contributed by atoms with Crippen molar-refractivity contribution in [2.45, 2.75) is 130 Å². The molecule has 0 radical (unpaired) electrons. The zero-order valence-electron chi connectivity index (χ0n) is 24.6. The third-order valence-corrected chi connectivity index (χ3v) is 9.83. The summed E-state index contributed by atoms with van der Waals surface area (Å²) in [4.78, 5) is 12.9. The number of hydrogen-bond acceptors (Lipinski definition) is 8. The first-order valence-electron chi connectivity index (χ1n) is 14.5. The molecule has 4 N–H and O–H groups in total. The Bertz CT molecular complexity index is 840. The third kappa shape index (κ3) is 6.16. The van der Waals surface area contributed by atoms with Gasteiger partial charge in [-0.3, -0.25) is 4.79 Å². The first kappa shape index (κ1) is 31.5. The maximum Gasteiger partial charge on any atom is 0.308 e. The Morgan fingerprint density at radius 1 is 1.11 bits per heavy atom. The maximum atomic E-state index is 12.9. The zero-order valence-corrected chi connectivity index (χ0v) is 24.6. The lowest BCUT2D eigenvalue weighted by atomic mass is 9.46. The van der Waals surface area contributed by atoms with E-state index in [0.29, 0.717) is 12.3 Å². The van der Waals surface area contributed by atoms with Crippen LogP contribution in [0.1, 0.15) is 87.5 Å². The lowest BCUT2D eigenvalue weighted by molar-refractivity contribution is -0.326. The highest BCUT2D eigenvalue weighted by Gasteiger charge is 2.61. The predicted molar refractivity (Wildman–Crippen MR) is 144 cm³/mol. The summed E-state index contributed by atoms with van der Waals surface area (Å²) in [5.74, 6) is 0.331. The highest BCUT2D eigenvalue weighted by molar-refractivity contribution is 5.71. The van der Waals surface area contributed by atoms with Gasteiger partial charge in [0.05, 0.1) is 18.1 Å². The summed E-state index contributed by atoms with van der Waals surface area (Å²) >= 11 is 0.